The highest BCUT2D eigenvalue weighted by molar-refractivity contribution is 7.87. The first-order chi connectivity index (χ1) is 14.7. The number of halogens is 1. The van der Waals surface area contributed by atoms with E-state index in [-0.39, 0.29) is 21.8 Å². The lowest BCUT2D eigenvalue weighted by atomic mass is 10.1. The fourth-order valence-electron chi connectivity index (χ4n) is 2.82. The van der Waals surface area contributed by atoms with Crippen LogP contribution in [0.5, 0.6) is 5.75 Å². The maximum Gasteiger partial charge on any atom is 0.342 e. The minimum Gasteiger partial charge on any atom is -0.454 e. The first kappa shape index (κ1) is 22.2. The van der Waals surface area contributed by atoms with Crippen LogP contribution in [-0.4, -0.2) is 26.8 Å². The third-order valence-corrected chi connectivity index (χ3v) is 5.81. The summed E-state index contributed by atoms with van der Waals surface area (Å²) in [5.74, 6) is -2.68. The Morgan fingerprint density at radius 2 is 1.55 bits per heavy atom. The maximum atomic E-state index is 13.7. The lowest BCUT2D eigenvalue weighted by Crippen LogP contribution is -2.17. The summed E-state index contributed by atoms with van der Waals surface area (Å²) in [6.07, 6.45) is 0. The topological polar surface area (TPSA) is 86.7 Å². The van der Waals surface area contributed by atoms with Crippen molar-refractivity contribution >= 4 is 21.9 Å². The van der Waals surface area contributed by atoms with E-state index in [2.05, 4.69) is 0 Å². The van der Waals surface area contributed by atoms with Gasteiger partial charge in [-0.1, -0.05) is 36.4 Å². The van der Waals surface area contributed by atoms with E-state index in [4.69, 9.17) is 8.92 Å². The van der Waals surface area contributed by atoms with Crippen molar-refractivity contribution < 1.29 is 31.3 Å². The molecule has 0 fully saturated rings. The van der Waals surface area contributed by atoms with E-state index in [9.17, 15) is 22.4 Å². The predicted molar refractivity (Wildman–Crippen MR) is 111 cm³/mol. The van der Waals surface area contributed by atoms with E-state index in [0.29, 0.717) is 5.56 Å². The van der Waals surface area contributed by atoms with E-state index in [1.807, 2.05) is 0 Å². The molecule has 3 aromatic rings. The number of carbonyl (C=O) groups excluding carboxylic acids is 2. The summed E-state index contributed by atoms with van der Waals surface area (Å²) < 4.78 is 49.4. The van der Waals surface area contributed by atoms with Crippen LogP contribution in [0.15, 0.2) is 71.6 Å². The summed E-state index contributed by atoms with van der Waals surface area (Å²) in [6, 6.07) is 15.8. The van der Waals surface area contributed by atoms with Gasteiger partial charge in [0.05, 0.1) is 5.56 Å². The fraction of sp³-hybridized carbons (Fsp3) is 0.130. The van der Waals surface area contributed by atoms with Crippen molar-refractivity contribution in [1.29, 1.82) is 0 Å². The molecule has 0 saturated heterocycles. The highest BCUT2D eigenvalue weighted by Gasteiger charge is 2.24. The number of benzene rings is 3. The average molecular weight is 442 g/mol. The van der Waals surface area contributed by atoms with Crippen molar-refractivity contribution in [3.63, 3.8) is 0 Å². The van der Waals surface area contributed by atoms with Crippen LogP contribution >= 0.6 is 0 Å². The number of hydrogen-bond donors (Lipinski definition) is 0. The van der Waals surface area contributed by atoms with Gasteiger partial charge in [-0.2, -0.15) is 8.42 Å². The summed E-state index contributed by atoms with van der Waals surface area (Å²) >= 11 is 0. The van der Waals surface area contributed by atoms with Crippen LogP contribution in [-0.2, 0) is 14.9 Å². The Balaban J connectivity index is 1.80. The molecule has 0 heterocycles. The van der Waals surface area contributed by atoms with Crippen molar-refractivity contribution in [3.8, 4) is 5.75 Å². The molecule has 0 radical (unpaired) electrons. The lowest BCUT2D eigenvalue weighted by Gasteiger charge is -2.13. The number of ketones is 1. The molecule has 31 heavy (non-hydrogen) atoms. The van der Waals surface area contributed by atoms with E-state index >= 15 is 0 Å². The Hall–Kier alpha value is -3.52. The minimum absolute atomic E-state index is 0.0228. The first-order valence-corrected chi connectivity index (χ1v) is 10.7. The number of para-hydroxylation sites is 1. The predicted octanol–water partition coefficient (Wildman–Crippen LogP) is 4.25. The Morgan fingerprint density at radius 1 is 0.903 bits per heavy atom. The van der Waals surface area contributed by atoms with Gasteiger partial charge in [0.2, 0.25) is 5.78 Å². The van der Waals surface area contributed by atoms with Crippen molar-refractivity contribution in [2.75, 3.05) is 6.61 Å². The molecule has 0 aliphatic heterocycles. The van der Waals surface area contributed by atoms with Gasteiger partial charge < -0.3 is 8.92 Å². The molecule has 0 aliphatic carbocycles. The Labute approximate surface area is 179 Å². The van der Waals surface area contributed by atoms with E-state index in [1.165, 1.54) is 48.5 Å². The molecule has 160 valence electrons. The van der Waals surface area contributed by atoms with E-state index < -0.39 is 34.3 Å². The van der Waals surface area contributed by atoms with Crippen LogP contribution in [0.25, 0.3) is 0 Å². The highest BCUT2D eigenvalue weighted by atomic mass is 32.2. The molecule has 0 spiro atoms. The summed E-state index contributed by atoms with van der Waals surface area (Å²) in [4.78, 5) is 24.6. The van der Waals surface area contributed by atoms with E-state index in [1.54, 1.807) is 26.0 Å². The van der Waals surface area contributed by atoms with Crippen molar-refractivity contribution in [2.45, 2.75) is 18.7 Å². The summed E-state index contributed by atoms with van der Waals surface area (Å²) in [5.41, 5.74) is 0.823. The van der Waals surface area contributed by atoms with Crippen LogP contribution in [0.3, 0.4) is 0 Å². The number of hydrogen-bond acceptors (Lipinski definition) is 6. The second-order valence-corrected chi connectivity index (χ2v) is 8.30. The van der Waals surface area contributed by atoms with Gasteiger partial charge in [0, 0.05) is 0 Å². The van der Waals surface area contributed by atoms with Crippen LogP contribution in [0.2, 0.25) is 0 Å². The highest BCUT2D eigenvalue weighted by Crippen LogP contribution is 2.26. The molecule has 3 aromatic carbocycles. The molecule has 8 heteroatoms. The number of aryl methyl sites for hydroxylation is 2. The Morgan fingerprint density at radius 3 is 2.26 bits per heavy atom. The van der Waals surface area contributed by atoms with E-state index in [0.717, 1.165) is 11.6 Å². The third kappa shape index (κ3) is 5.16. The summed E-state index contributed by atoms with van der Waals surface area (Å²) in [5, 5.41) is 0. The number of rotatable bonds is 7. The van der Waals surface area contributed by atoms with Gasteiger partial charge in [-0.05, 0) is 55.3 Å². The second-order valence-electron chi connectivity index (χ2n) is 6.78. The Kier molecular flexibility index (Phi) is 6.50. The molecule has 0 saturated carbocycles. The molecule has 0 unspecified atom stereocenters. The zero-order chi connectivity index (χ0) is 22.6. The fourth-order valence-corrected chi connectivity index (χ4v) is 4.09. The van der Waals surface area contributed by atoms with Gasteiger partial charge >= 0.3 is 16.1 Å². The number of ether oxygens (including phenoxy) is 1. The minimum atomic E-state index is -4.23. The van der Waals surface area contributed by atoms with Crippen LogP contribution in [0.1, 0.15) is 31.8 Å². The van der Waals surface area contributed by atoms with Crippen molar-refractivity contribution in [1.82, 2.24) is 0 Å². The molecule has 3 rings (SSSR count). The quantitative estimate of drug-likeness (QED) is 0.309. The molecule has 0 atom stereocenters. The van der Waals surface area contributed by atoms with Crippen molar-refractivity contribution in [3.05, 3.63) is 94.8 Å². The van der Waals surface area contributed by atoms with Gasteiger partial charge in [0.1, 0.15) is 16.3 Å². The molecule has 0 aromatic heterocycles. The van der Waals surface area contributed by atoms with Gasteiger partial charge in [0.15, 0.2) is 12.4 Å². The van der Waals surface area contributed by atoms with Gasteiger partial charge in [-0.3, -0.25) is 4.79 Å². The molecular weight excluding hydrogens is 423 g/mol. The Bertz CT molecular complexity index is 1250. The number of carbonyl (C=O) groups is 2. The number of Topliss-reactive ketones (excluding diaryl/α,β-unsaturated/α-hetero) is 1. The second kappa shape index (κ2) is 9.09. The number of esters is 1. The first-order valence-electron chi connectivity index (χ1n) is 9.24. The van der Waals surface area contributed by atoms with Gasteiger partial charge in [-0.25, -0.2) is 9.18 Å². The zero-order valence-electron chi connectivity index (χ0n) is 16.8. The SMILES string of the molecule is Cc1ccc(C)c(S(=O)(=O)Oc2ccccc2C(=O)OCC(=O)c2ccccc2F)c1. The smallest absolute Gasteiger partial charge is 0.342 e. The van der Waals surface area contributed by atoms with Gasteiger partial charge in [0.25, 0.3) is 0 Å². The third-order valence-electron chi connectivity index (χ3n) is 4.43. The molecular formula is C23H19FO6S. The molecule has 0 amide bonds. The maximum absolute atomic E-state index is 13.7. The zero-order valence-corrected chi connectivity index (χ0v) is 17.6. The van der Waals surface area contributed by atoms with Gasteiger partial charge in [-0.15, -0.1) is 0 Å². The molecule has 0 N–H and O–H groups in total. The monoisotopic (exact) mass is 442 g/mol. The summed E-state index contributed by atoms with van der Waals surface area (Å²) in [6.45, 7) is 2.67. The average Bonchev–Trinajstić information content (AvgIpc) is 2.74. The van der Waals surface area contributed by atoms with Crippen molar-refractivity contribution in [2.24, 2.45) is 0 Å². The molecule has 0 aliphatic rings. The van der Waals surface area contributed by atoms with Crippen LogP contribution in [0, 0.1) is 19.7 Å². The van der Waals surface area contributed by atoms with Crippen LogP contribution < -0.4 is 4.18 Å². The molecule has 6 nitrogen and oxygen atoms in total. The largest absolute Gasteiger partial charge is 0.454 e. The normalized spacial score (nSPS) is 11.1. The lowest BCUT2D eigenvalue weighted by molar-refractivity contribution is 0.0472. The van der Waals surface area contributed by atoms with Crippen LogP contribution in [0.4, 0.5) is 4.39 Å². The molecule has 0 bridgehead atoms. The standard InChI is InChI=1S/C23H19FO6S/c1-15-11-12-16(2)22(13-15)31(27,28)30-21-10-6-4-8-18(21)23(26)29-14-20(25)17-7-3-5-9-19(17)24/h3-13H,14H2,1-2H3. The summed E-state index contributed by atoms with van der Waals surface area (Å²) in [7, 11) is -4.23.